The van der Waals surface area contributed by atoms with Gasteiger partial charge in [0.2, 0.25) is 88.6 Å². The predicted octanol–water partition coefficient (Wildman–Crippen LogP) is -8.72. The first-order valence-electron chi connectivity index (χ1n) is 34.7. The molecule has 0 bridgehead atoms. The number of aromatic hydroxyl groups is 1. The Kier molecular flexibility index (Phi) is 41.5. The van der Waals surface area contributed by atoms with Gasteiger partial charge in [0.05, 0.1) is 38.3 Å². The lowest BCUT2D eigenvalue weighted by Crippen LogP contribution is -2.58. The number of carboxylic acid groups (broad SMARTS) is 1. The summed E-state index contributed by atoms with van der Waals surface area (Å²) in [7, 11) is -3.78. The van der Waals surface area contributed by atoms with Gasteiger partial charge in [-0.15, -0.1) is 0 Å². The van der Waals surface area contributed by atoms with E-state index in [1.165, 1.54) is 71.4 Å². The third-order valence-corrected chi connectivity index (χ3v) is 16.8. The molecule has 26 N–H and O–H groups in total. The molecule has 0 unspecified atom stereocenters. The molecule has 0 aliphatic carbocycles. The van der Waals surface area contributed by atoms with Crippen molar-refractivity contribution in [2.75, 3.05) is 57.8 Å². The van der Waals surface area contributed by atoms with Crippen molar-refractivity contribution in [2.24, 2.45) is 33.8 Å². The Morgan fingerprint density at radius 2 is 0.870 bits per heavy atom. The van der Waals surface area contributed by atoms with Gasteiger partial charge in [0.1, 0.15) is 82.0 Å². The van der Waals surface area contributed by atoms with Gasteiger partial charge in [0, 0.05) is 44.5 Å². The molecule has 0 aliphatic heterocycles. The number of nitrogens with two attached hydrogens (primary N) is 4. The van der Waals surface area contributed by atoms with Crippen LogP contribution in [0.15, 0.2) is 41.8 Å². The van der Waals surface area contributed by atoms with Crippen molar-refractivity contribution in [3.63, 3.8) is 0 Å². The number of benzene rings is 1. The number of carboxylic acids is 1. The number of unbranched alkanes of at least 4 members (excludes halogenated alkanes) is 2. The number of hydrogen-bond donors (Lipinski definition) is 22. The summed E-state index contributed by atoms with van der Waals surface area (Å²) in [5.41, 5.74) is 22.8. The summed E-state index contributed by atoms with van der Waals surface area (Å²) in [5.74, 6) is -15.8. The molecule has 11 atom stereocenters. The number of phenolic OH excluding ortho intramolecular Hbond substituents is 1. The lowest BCUT2D eigenvalue weighted by Gasteiger charge is -2.25. The molecule has 2 aromatic rings. The first-order valence-corrected chi connectivity index (χ1v) is 36.8. The fraction of sp³-hybridized carbons (Fsp3) is 0.600. The molecular weight excluding hydrogens is 1440 g/mol. The van der Waals surface area contributed by atoms with E-state index in [-0.39, 0.29) is 75.7 Å². The molecule has 1 heterocycles. The number of rotatable bonds is 50. The predicted molar refractivity (Wildman–Crippen MR) is 388 cm³/mol. The summed E-state index contributed by atoms with van der Waals surface area (Å²) in [6.45, 7) is 7.03. The van der Waals surface area contributed by atoms with E-state index < -0.39 is 209 Å². The largest absolute Gasteiger partial charge is 0.508 e. The van der Waals surface area contributed by atoms with Crippen LogP contribution >= 0.6 is 0 Å². The Balaban J connectivity index is 2.20. The van der Waals surface area contributed by atoms with E-state index in [1.807, 2.05) is 0 Å². The van der Waals surface area contributed by atoms with Crippen molar-refractivity contribution >= 4 is 110 Å². The van der Waals surface area contributed by atoms with Crippen LogP contribution in [-0.4, -0.2) is 253 Å². The maximum Gasteiger partial charge on any atom is 0.325 e. The number of carbonyl (C=O) groups is 16. The summed E-state index contributed by atoms with van der Waals surface area (Å²) in [6.07, 6.45) is 4.25. The zero-order valence-corrected chi connectivity index (χ0v) is 62.5. The molecule has 0 saturated heterocycles. The molecule has 1 aromatic carbocycles. The molecule has 42 nitrogen and oxygen atoms in total. The number of hydrogen-bond acceptors (Lipinski definition) is 23. The third-order valence-electron chi connectivity index (χ3n) is 15.8. The molecule has 43 heteroatoms. The Bertz CT molecular complexity index is 3540. The molecule has 15 amide bonds. The highest BCUT2D eigenvalue weighted by molar-refractivity contribution is 7.90. The monoisotopic (exact) mass is 1550 g/mol. The van der Waals surface area contributed by atoms with Crippen molar-refractivity contribution in [3.8, 4) is 5.75 Å². The van der Waals surface area contributed by atoms with E-state index in [9.17, 15) is 95.3 Å². The quantitative estimate of drug-likeness (QED) is 0.0166. The maximum absolute atomic E-state index is 14.3. The van der Waals surface area contributed by atoms with Crippen molar-refractivity contribution in [1.82, 2.24) is 89.7 Å². The Labute approximate surface area is 624 Å². The van der Waals surface area contributed by atoms with Crippen molar-refractivity contribution in [2.45, 2.75) is 186 Å². The number of nitrogens with one attached hydrogen (secondary N) is 16. The second-order valence-corrected chi connectivity index (χ2v) is 28.0. The van der Waals surface area contributed by atoms with Gasteiger partial charge in [-0.1, -0.05) is 26.0 Å². The van der Waals surface area contributed by atoms with Crippen LogP contribution in [0.25, 0.3) is 0 Å². The Morgan fingerprint density at radius 3 is 1.32 bits per heavy atom. The highest BCUT2D eigenvalue weighted by Gasteiger charge is 2.34. The summed E-state index contributed by atoms with van der Waals surface area (Å²) < 4.78 is 24.4. The molecule has 2 rings (SSSR count). The molecule has 0 spiro atoms. The van der Waals surface area contributed by atoms with E-state index in [4.69, 9.17) is 22.9 Å². The van der Waals surface area contributed by atoms with E-state index in [1.54, 1.807) is 13.8 Å². The van der Waals surface area contributed by atoms with Gasteiger partial charge < -0.3 is 118 Å². The average Bonchev–Trinajstić information content (AvgIpc) is 1.14. The third kappa shape index (κ3) is 37.7. The lowest BCUT2D eigenvalue weighted by atomic mass is 10.0. The van der Waals surface area contributed by atoms with Crippen LogP contribution in [0, 0.1) is 5.92 Å². The summed E-state index contributed by atoms with van der Waals surface area (Å²) in [6, 6.07) is -9.50. The Hall–Kier alpha value is -11.1. The number of sulfone groups is 1. The lowest BCUT2D eigenvalue weighted by molar-refractivity contribution is -0.142. The number of amides is 15. The first-order chi connectivity index (χ1) is 50.7. The smallest absolute Gasteiger partial charge is 0.325 e. The number of nitrogens with zero attached hydrogens (tertiary/aromatic N) is 2. The van der Waals surface area contributed by atoms with Gasteiger partial charge in [-0.25, -0.2) is 13.4 Å². The Morgan fingerprint density at radius 1 is 0.472 bits per heavy atom. The second-order valence-electron chi connectivity index (χ2n) is 25.7. The van der Waals surface area contributed by atoms with E-state index >= 15 is 0 Å². The van der Waals surface area contributed by atoms with Crippen molar-refractivity contribution in [3.05, 3.63) is 48.0 Å². The number of aromatic amines is 1. The fourth-order valence-corrected chi connectivity index (χ4v) is 10.4. The number of carbonyl (C=O) groups excluding carboxylic acids is 15. The van der Waals surface area contributed by atoms with Crippen LogP contribution in [0.2, 0.25) is 0 Å². The van der Waals surface area contributed by atoms with Crippen molar-refractivity contribution in [1.29, 1.82) is 0 Å². The molecule has 0 radical (unpaired) electrons. The van der Waals surface area contributed by atoms with Crippen LogP contribution < -0.4 is 103 Å². The summed E-state index contributed by atoms with van der Waals surface area (Å²) in [4.78, 5) is 222. The maximum atomic E-state index is 14.3. The van der Waals surface area contributed by atoms with Crippen LogP contribution in [0.5, 0.6) is 5.75 Å². The van der Waals surface area contributed by atoms with Crippen LogP contribution in [0.4, 0.5) is 0 Å². The zero-order valence-electron chi connectivity index (χ0n) is 61.7. The number of aliphatic imine (C=N–C) groups is 1. The van der Waals surface area contributed by atoms with Gasteiger partial charge in [-0.3, -0.25) is 81.7 Å². The molecule has 1 aromatic heterocycles. The molecular formula is C65H106N22O20S. The molecule has 0 aliphatic rings. The van der Waals surface area contributed by atoms with Gasteiger partial charge in [-0.2, -0.15) is 0 Å². The number of guanidine groups is 1. The SMILES string of the molecule is CC(=O)N[C@H](C(=O)N[C@@H](CCCCN)C(=O)NCC(=O)NCC(=O)N[C@@H](Cc1cnc[nH]1)C(=O)N[C@@H](C)C(=O)N[C@@H](CCCCN)C(=O)N[C@@H](Cc1ccc(O)cc1)C(=O)NCC(=O)NCC(=O)N[C@@H](CCS(C)(=O)=O)C(=O)N[C@@H](C)C(=O)N[C@@H](C)C(=O)N[C@@H](CCCN=C(N)N)C(=O)N[C@@H](C)C(=O)O)C(C)C. The highest BCUT2D eigenvalue weighted by atomic mass is 32.2. The highest BCUT2D eigenvalue weighted by Crippen LogP contribution is 2.14. The number of H-pyrrole nitrogens is 1. The van der Waals surface area contributed by atoms with Crippen LogP contribution in [0.1, 0.15) is 118 Å². The normalized spacial score (nSPS) is 14.1. The minimum atomic E-state index is -3.78. The standard InChI is InChI=1S/C65H106N22O20S/c1-34(2)53(81-39(7)88)63(103)86-43(14-9-11-22-66)57(97)74-29-49(90)73-32-52(93)83-48(27-41-28-70-33-76-41)62(102)79-37(5)56(96)84-44(15-10-12-23-67)61(101)87-47(26-40-17-19-42(89)20-18-40)58(98)75-30-50(91)72-31-51(92)82-46(21-25-108(8,106)107)60(100)78-35(3)54(94)77-36(4)55(95)85-45(16-13-24-71-65(68)69)59(99)80-38(6)64(104)105/h17-20,28,33-38,43-48,53,89H,9-16,21-27,29-32,66-67H2,1-8H3,(H,70,76)(H,72,91)(H,73,90)(H,74,97)(H,75,98)(H,77,94)(H,78,100)(H,79,102)(H,80,99)(H,81,88)(H,82,92)(H,83,93)(H,84,96)(H,85,95)(H,86,103)(H,87,101)(H,104,105)(H4,68,69,71)/t35-,36-,37-,38-,43-,44-,45-,46-,47-,48-,53-/m0/s1. The van der Waals surface area contributed by atoms with E-state index in [0.717, 1.165) is 6.26 Å². The topological polar surface area (TPSA) is 673 Å². The van der Waals surface area contributed by atoms with Gasteiger partial charge in [0.25, 0.3) is 0 Å². The van der Waals surface area contributed by atoms with Gasteiger partial charge >= 0.3 is 5.97 Å². The number of aliphatic carboxylic acids is 1. The van der Waals surface area contributed by atoms with E-state index in [0.29, 0.717) is 37.1 Å². The molecule has 0 saturated carbocycles. The number of aromatic nitrogens is 2. The fourth-order valence-electron chi connectivity index (χ4n) is 9.77. The van der Waals surface area contributed by atoms with E-state index in [2.05, 4.69) is 94.7 Å². The number of phenols is 1. The summed E-state index contributed by atoms with van der Waals surface area (Å²) in [5, 5.41) is 55.5. The minimum Gasteiger partial charge on any atom is -0.508 e. The number of imidazole rings is 1. The second kappa shape index (κ2) is 48.2. The summed E-state index contributed by atoms with van der Waals surface area (Å²) >= 11 is 0. The zero-order chi connectivity index (χ0) is 81.4. The molecule has 0 fully saturated rings. The van der Waals surface area contributed by atoms with Gasteiger partial charge in [0.15, 0.2) is 5.96 Å². The first kappa shape index (κ1) is 93.0. The average molecular weight is 1550 g/mol. The van der Waals surface area contributed by atoms with Crippen molar-refractivity contribution < 1.29 is 95.3 Å². The van der Waals surface area contributed by atoms with Crippen LogP contribution in [-0.2, 0) is 99.4 Å². The minimum absolute atomic E-state index is 0.0458. The molecule has 602 valence electrons. The van der Waals surface area contributed by atoms with Crippen LogP contribution in [0.3, 0.4) is 0 Å². The van der Waals surface area contributed by atoms with Gasteiger partial charge in [-0.05, 0) is 122 Å². The molecule has 108 heavy (non-hydrogen) atoms.